The number of rotatable bonds is 7. The molecular formula is C27H35N5O3. The predicted molar refractivity (Wildman–Crippen MR) is 135 cm³/mol. The third-order valence-electron chi connectivity index (χ3n) is 7.59. The zero-order chi connectivity index (χ0) is 24.5. The number of anilines is 2. The molecule has 0 bridgehead atoms. The van der Waals surface area contributed by atoms with Crippen LogP contribution < -0.4 is 10.2 Å². The molecule has 2 atom stereocenters. The second-order valence-corrected chi connectivity index (χ2v) is 10.1. The maximum absolute atomic E-state index is 11.9. The van der Waals surface area contributed by atoms with Crippen LogP contribution in [0, 0.1) is 5.92 Å². The van der Waals surface area contributed by atoms with Crippen molar-refractivity contribution in [3.05, 3.63) is 53.2 Å². The summed E-state index contributed by atoms with van der Waals surface area (Å²) in [6.45, 7) is 7.54. The van der Waals surface area contributed by atoms with Crippen molar-refractivity contribution >= 4 is 23.5 Å². The summed E-state index contributed by atoms with van der Waals surface area (Å²) in [6, 6.07) is 11.3. The predicted octanol–water partition coefficient (Wildman–Crippen LogP) is 4.35. The van der Waals surface area contributed by atoms with Crippen LogP contribution in [0.5, 0.6) is 0 Å². The molecule has 186 valence electrons. The van der Waals surface area contributed by atoms with Gasteiger partial charge in [-0.15, -0.1) is 0 Å². The first kappa shape index (κ1) is 23.6. The van der Waals surface area contributed by atoms with E-state index in [1.54, 1.807) is 20.2 Å². The van der Waals surface area contributed by atoms with Crippen LogP contribution in [-0.2, 0) is 16.1 Å². The van der Waals surface area contributed by atoms with Gasteiger partial charge in [0.1, 0.15) is 12.4 Å². The second kappa shape index (κ2) is 9.85. The second-order valence-electron chi connectivity index (χ2n) is 10.1. The SMILES string of the molecule is CC(=O)N1CCN(C(CC2CC2)c2ccc([C@H](C)Nc3cc4c(cn3)COC(=O)N4C)cc2)CC1. The minimum atomic E-state index is -0.346. The van der Waals surface area contributed by atoms with Crippen molar-refractivity contribution in [1.82, 2.24) is 14.8 Å². The van der Waals surface area contributed by atoms with Crippen molar-refractivity contribution in [1.29, 1.82) is 0 Å². The minimum absolute atomic E-state index is 0.0661. The van der Waals surface area contributed by atoms with Gasteiger partial charge in [0.15, 0.2) is 0 Å². The molecule has 1 N–H and O–H groups in total. The van der Waals surface area contributed by atoms with Crippen molar-refractivity contribution in [2.45, 2.75) is 51.8 Å². The van der Waals surface area contributed by atoms with Gasteiger partial charge >= 0.3 is 6.09 Å². The van der Waals surface area contributed by atoms with E-state index < -0.39 is 0 Å². The molecule has 2 aromatic rings. The number of nitrogens with one attached hydrogen (secondary N) is 1. The fourth-order valence-electron chi connectivity index (χ4n) is 5.14. The number of cyclic esters (lactones) is 1. The normalized spacial score (nSPS) is 20.1. The first-order valence-electron chi connectivity index (χ1n) is 12.6. The highest BCUT2D eigenvalue weighted by Gasteiger charge is 2.32. The number of fused-ring (bicyclic) bond motifs is 1. The Labute approximate surface area is 207 Å². The van der Waals surface area contributed by atoms with E-state index in [4.69, 9.17) is 4.74 Å². The standard InChI is InChI=1S/C27H35N5O3/c1-18(29-26-15-24-23(16-28-26)17-35-27(34)30(24)3)21-6-8-22(9-7-21)25(14-20-4-5-20)32-12-10-31(11-13-32)19(2)33/h6-9,15-16,18,20,25H,4-5,10-14,17H2,1-3H3,(H,28,29)/t18-,25?/m0/s1. The fourth-order valence-corrected chi connectivity index (χ4v) is 5.14. The number of carbonyl (C=O) groups excluding carboxylic acids is 2. The summed E-state index contributed by atoms with van der Waals surface area (Å²) in [6.07, 6.45) is 5.29. The van der Waals surface area contributed by atoms with Crippen LogP contribution in [0.15, 0.2) is 36.5 Å². The molecule has 35 heavy (non-hydrogen) atoms. The van der Waals surface area contributed by atoms with Gasteiger partial charge in [-0.25, -0.2) is 9.78 Å². The number of aromatic nitrogens is 1. The van der Waals surface area contributed by atoms with Crippen molar-refractivity contribution in [2.75, 3.05) is 43.4 Å². The van der Waals surface area contributed by atoms with E-state index in [1.807, 2.05) is 11.0 Å². The molecule has 1 aromatic carbocycles. The van der Waals surface area contributed by atoms with Crippen LogP contribution in [0.1, 0.15) is 61.9 Å². The van der Waals surface area contributed by atoms with E-state index in [0.717, 1.165) is 49.2 Å². The molecule has 1 aliphatic carbocycles. The molecule has 1 saturated carbocycles. The lowest BCUT2D eigenvalue weighted by Crippen LogP contribution is -2.49. The summed E-state index contributed by atoms with van der Waals surface area (Å²) in [5, 5.41) is 3.48. The lowest BCUT2D eigenvalue weighted by Gasteiger charge is -2.39. The average Bonchev–Trinajstić information content (AvgIpc) is 3.70. The number of amides is 2. The van der Waals surface area contributed by atoms with Gasteiger partial charge in [0.05, 0.1) is 5.69 Å². The first-order valence-corrected chi connectivity index (χ1v) is 12.6. The highest BCUT2D eigenvalue weighted by Crippen LogP contribution is 2.40. The van der Waals surface area contributed by atoms with Crippen LogP contribution in [0.4, 0.5) is 16.3 Å². The molecule has 3 aliphatic rings. The quantitative estimate of drug-likeness (QED) is 0.639. The number of piperazine rings is 1. The maximum atomic E-state index is 11.9. The van der Waals surface area contributed by atoms with Crippen LogP contribution in [-0.4, -0.2) is 60.0 Å². The monoisotopic (exact) mass is 477 g/mol. The Bertz CT molecular complexity index is 1080. The van der Waals surface area contributed by atoms with Gasteiger partial charge < -0.3 is 15.0 Å². The number of nitrogens with zero attached hydrogens (tertiary/aromatic N) is 4. The summed E-state index contributed by atoms with van der Waals surface area (Å²) in [4.78, 5) is 34.2. The van der Waals surface area contributed by atoms with E-state index >= 15 is 0 Å². The van der Waals surface area contributed by atoms with Crippen LogP contribution in [0.3, 0.4) is 0 Å². The Morgan fingerprint density at radius 3 is 2.49 bits per heavy atom. The first-order chi connectivity index (χ1) is 16.9. The highest BCUT2D eigenvalue weighted by molar-refractivity contribution is 5.90. The lowest BCUT2D eigenvalue weighted by molar-refractivity contribution is -0.130. The zero-order valence-electron chi connectivity index (χ0n) is 20.9. The van der Waals surface area contributed by atoms with Gasteiger partial charge in [-0.05, 0) is 30.4 Å². The number of benzene rings is 1. The molecule has 8 heteroatoms. The summed E-state index contributed by atoms with van der Waals surface area (Å²) >= 11 is 0. The third-order valence-corrected chi connectivity index (χ3v) is 7.59. The molecule has 5 rings (SSSR count). The third kappa shape index (κ3) is 5.27. The van der Waals surface area contributed by atoms with Gasteiger partial charge in [-0.3, -0.25) is 14.6 Å². The number of ether oxygens (including phenoxy) is 1. The maximum Gasteiger partial charge on any atom is 0.414 e. The Morgan fingerprint density at radius 2 is 1.83 bits per heavy atom. The average molecular weight is 478 g/mol. The van der Waals surface area contributed by atoms with E-state index in [9.17, 15) is 9.59 Å². The molecular weight excluding hydrogens is 442 g/mol. The van der Waals surface area contributed by atoms with Crippen molar-refractivity contribution in [3.8, 4) is 0 Å². The van der Waals surface area contributed by atoms with E-state index in [-0.39, 0.29) is 24.6 Å². The Morgan fingerprint density at radius 1 is 1.14 bits per heavy atom. The number of hydrogen-bond acceptors (Lipinski definition) is 6. The topological polar surface area (TPSA) is 78.0 Å². The van der Waals surface area contributed by atoms with Crippen molar-refractivity contribution in [2.24, 2.45) is 5.92 Å². The van der Waals surface area contributed by atoms with E-state index in [0.29, 0.717) is 6.04 Å². The van der Waals surface area contributed by atoms with Gasteiger partial charge in [-0.2, -0.15) is 0 Å². The molecule has 0 spiro atoms. The fraction of sp³-hybridized carbons (Fsp3) is 0.519. The van der Waals surface area contributed by atoms with E-state index in [1.165, 1.54) is 35.3 Å². The van der Waals surface area contributed by atoms with Gasteiger partial charge in [0.25, 0.3) is 0 Å². The molecule has 8 nitrogen and oxygen atoms in total. The van der Waals surface area contributed by atoms with Crippen molar-refractivity contribution in [3.63, 3.8) is 0 Å². The molecule has 1 aromatic heterocycles. The van der Waals surface area contributed by atoms with Gasteiger partial charge in [0, 0.05) is 70.1 Å². The summed E-state index contributed by atoms with van der Waals surface area (Å²) in [5.41, 5.74) is 4.28. The molecule has 3 heterocycles. The van der Waals surface area contributed by atoms with Crippen LogP contribution >= 0.6 is 0 Å². The molecule has 2 amide bonds. The smallest absolute Gasteiger partial charge is 0.414 e. The largest absolute Gasteiger partial charge is 0.444 e. The highest BCUT2D eigenvalue weighted by atomic mass is 16.6. The Hall–Kier alpha value is -3.13. The van der Waals surface area contributed by atoms with Crippen LogP contribution in [0.25, 0.3) is 0 Å². The minimum Gasteiger partial charge on any atom is -0.444 e. The van der Waals surface area contributed by atoms with Gasteiger partial charge in [0.2, 0.25) is 5.91 Å². The molecule has 2 fully saturated rings. The number of pyridine rings is 1. The van der Waals surface area contributed by atoms with Crippen LogP contribution in [0.2, 0.25) is 0 Å². The van der Waals surface area contributed by atoms with E-state index in [2.05, 4.69) is 46.4 Å². The Balaban J connectivity index is 1.26. The number of carbonyl (C=O) groups is 2. The van der Waals surface area contributed by atoms with Gasteiger partial charge in [-0.1, -0.05) is 37.1 Å². The summed E-state index contributed by atoms with van der Waals surface area (Å²) in [7, 11) is 1.71. The molecule has 1 saturated heterocycles. The summed E-state index contributed by atoms with van der Waals surface area (Å²) < 4.78 is 5.13. The molecule has 1 unspecified atom stereocenters. The van der Waals surface area contributed by atoms with Crippen molar-refractivity contribution < 1.29 is 14.3 Å². The summed E-state index contributed by atoms with van der Waals surface area (Å²) in [5.74, 6) is 1.74. The molecule has 2 aliphatic heterocycles. The number of hydrogen-bond donors (Lipinski definition) is 1. The Kier molecular flexibility index (Phi) is 6.65. The zero-order valence-corrected chi connectivity index (χ0v) is 20.9. The molecule has 0 radical (unpaired) electrons. The lowest BCUT2D eigenvalue weighted by atomic mass is 9.96.